The lowest BCUT2D eigenvalue weighted by Crippen LogP contribution is -2.39. The summed E-state index contributed by atoms with van der Waals surface area (Å²) >= 11 is 0. The van der Waals surface area contributed by atoms with E-state index in [1.807, 2.05) is 0 Å². The molecule has 68 valence electrons. The van der Waals surface area contributed by atoms with Crippen molar-refractivity contribution in [3.63, 3.8) is 0 Å². The minimum atomic E-state index is 0.635. The molecule has 1 heteroatoms. The van der Waals surface area contributed by atoms with Gasteiger partial charge >= 0.3 is 0 Å². The summed E-state index contributed by atoms with van der Waals surface area (Å²) in [6, 6.07) is 0.998. The average molecular weight is 165 g/mol. The lowest BCUT2D eigenvalue weighted by atomic mass is 9.91. The normalized spacial score (nSPS) is 52.8. The van der Waals surface area contributed by atoms with Crippen LogP contribution in [-0.4, -0.2) is 23.0 Å². The van der Waals surface area contributed by atoms with Gasteiger partial charge in [-0.05, 0) is 51.5 Å². The van der Waals surface area contributed by atoms with Gasteiger partial charge in [-0.3, -0.25) is 4.90 Å². The fourth-order valence-electron chi connectivity index (χ4n) is 4.06. The molecule has 12 heavy (non-hydrogen) atoms. The molecule has 3 aliphatic rings. The quantitative estimate of drug-likeness (QED) is 0.533. The average Bonchev–Trinajstić information content (AvgIpc) is 2.57. The number of rotatable bonds is 0. The molecule has 3 unspecified atom stereocenters. The molecule has 0 aromatic heterocycles. The van der Waals surface area contributed by atoms with E-state index in [-0.39, 0.29) is 0 Å². The third kappa shape index (κ3) is 0.783. The lowest BCUT2D eigenvalue weighted by Gasteiger charge is -2.30. The summed E-state index contributed by atoms with van der Waals surface area (Å²) < 4.78 is 0. The van der Waals surface area contributed by atoms with Crippen molar-refractivity contribution < 1.29 is 0 Å². The number of fused-ring (bicyclic) bond motifs is 3. The monoisotopic (exact) mass is 165 g/mol. The van der Waals surface area contributed by atoms with Gasteiger partial charge in [-0.2, -0.15) is 0 Å². The van der Waals surface area contributed by atoms with Crippen molar-refractivity contribution >= 4 is 0 Å². The van der Waals surface area contributed by atoms with Crippen LogP contribution in [0.5, 0.6) is 0 Å². The number of hydrogen-bond donors (Lipinski definition) is 0. The van der Waals surface area contributed by atoms with Crippen LogP contribution in [0.3, 0.4) is 0 Å². The number of hydrogen-bond acceptors (Lipinski definition) is 1. The first-order valence-electron chi connectivity index (χ1n) is 5.56. The maximum absolute atomic E-state index is 2.84. The van der Waals surface area contributed by atoms with E-state index in [4.69, 9.17) is 0 Å². The Bertz CT molecular complexity index is 201. The highest BCUT2D eigenvalue weighted by molar-refractivity contribution is 5.07. The van der Waals surface area contributed by atoms with E-state index in [9.17, 15) is 0 Å². The number of nitrogens with zero attached hydrogens (tertiary/aromatic N) is 1. The highest BCUT2D eigenvalue weighted by Gasteiger charge is 2.51. The van der Waals surface area contributed by atoms with E-state index in [0.717, 1.165) is 12.0 Å². The standard InChI is InChI=1S/C11H19N/c1-11-6-3-7-12(11)10-5-2-4-9(10)8-11/h9-10H,2-8H2,1H3. The first-order chi connectivity index (χ1) is 5.80. The predicted octanol–water partition coefficient (Wildman–Crippen LogP) is 2.41. The summed E-state index contributed by atoms with van der Waals surface area (Å²) in [7, 11) is 0. The molecule has 1 aliphatic carbocycles. The second-order valence-corrected chi connectivity index (χ2v) is 5.26. The van der Waals surface area contributed by atoms with E-state index in [1.165, 1.54) is 45.1 Å². The van der Waals surface area contributed by atoms with Gasteiger partial charge in [-0.1, -0.05) is 6.42 Å². The van der Waals surface area contributed by atoms with E-state index < -0.39 is 0 Å². The Morgan fingerprint density at radius 3 is 3.08 bits per heavy atom. The van der Waals surface area contributed by atoms with Crippen molar-refractivity contribution in [1.29, 1.82) is 0 Å². The van der Waals surface area contributed by atoms with Crippen molar-refractivity contribution in [3.05, 3.63) is 0 Å². The van der Waals surface area contributed by atoms with Gasteiger partial charge in [0.1, 0.15) is 0 Å². The summed E-state index contributed by atoms with van der Waals surface area (Å²) in [5.41, 5.74) is 0.635. The maximum Gasteiger partial charge on any atom is 0.0188 e. The lowest BCUT2D eigenvalue weighted by molar-refractivity contribution is 0.164. The fraction of sp³-hybridized carbons (Fsp3) is 1.00. The zero-order valence-corrected chi connectivity index (χ0v) is 8.05. The van der Waals surface area contributed by atoms with Crippen LogP contribution in [0, 0.1) is 5.92 Å². The molecular weight excluding hydrogens is 146 g/mol. The Labute approximate surface area is 75.1 Å². The molecule has 0 aromatic carbocycles. The smallest absolute Gasteiger partial charge is 0.0188 e. The Balaban J connectivity index is 1.90. The van der Waals surface area contributed by atoms with Gasteiger partial charge < -0.3 is 0 Å². The summed E-state index contributed by atoms with van der Waals surface area (Å²) in [5, 5.41) is 0. The zero-order valence-electron chi connectivity index (χ0n) is 8.05. The van der Waals surface area contributed by atoms with E-state index in [2.05, 4.69) is 11.8 Å². The third-order valence-corrected chi connectivity index (χ3v) is 4.53. The van der Waals surface area contributed by atoms with Gasteiger partial charge in [0.2, 0.25) is 0 Å². The molecule has 3 atom stereocenters. The molecule has 0 radical (unpaired) electrons. The van der Waals surface area contributed by atoms with Crippen LogP contribution in [0.4, 0.5) is 0 Å². The highest BCUT2D eigenvalue weighted by atomic mass is 15.3. The van der Waals surface area contributed by atoms with Gasteiger partial charge in [-0.25, -0.2) is 0 Å². The molecule has 0 N–H and O–H groups in total. The summed E-state index contributed by atoms with van der Waals surface area (Å²) in [5.74, 6) is 1.08. The molecule has 3 fully saturated rings. The molecular formula is C11H19N. The molecule has 2 heterocycles. The minimum Gasteiger partial charge on any atom is -0.295 e. The fourth-order valence-corrected chi connectivity index (χ4v) is 4.06. The van der Waals surface area contributed by atoms with Crippen LogP contribution in [0.25, 0.3) is 0 Å². The third-order valence-electron chi connectivity index (χ3n) is 4.53. The van der Waals surface area contributed by atoms with Crippen molar-refractivity contribution in [1.82, 2.24) is 4.90 Å². The minimum absolute atomic E-state index is 0.635. The first kappa shape index (κ1) is 7.37. The van der Waals surface area contributed by atoms with Gasteiger partial charge in [0.15, 0.2) is 0 Å². The summed E-state index contributed by atoms with van der Waals surface area (Å²) in [4.78, 5) is 2.84. The van der Waals surface area contributed by atoms with Gasteiger partial charge in [-0.15, -0.1) is 0 Å². The van der Waals surface area contributed by atoms with Crippen molar-refractivity contribution in [3.8, 4) is 0 Å². The van der Waals surface area contributed by atoms with Crippen LogP contribution in [-0.2, 0) is 0 Å². The largest absolute Gasteiger partial charge is 0.295 e. The van der Waals surface area contributed by atoms with Gasteiger partial charge in [0, 0.05) is 11.6 Å². The SMILES string of the molecule is CC12CCCN1C1CCCC1C2. The molecule has 0 spiro atoms. The molecule has 1 nitrogen and oxygen atoms in total. The van der Waals surface area contributed by atoms with Crippen LogP contribution >= 0.6 is 0 Å². The van der Waals surface area contributed by atoms with Gasteiger partial charge in [0.25, 0.3) is 0 Å². The van der Waals surface area contributed by atoms with E-state index in [0.29, 0.717) is 5.54 Å². The maximum atomic E-state index is 2.84. The molecule has 2 aliphatic heterocycles. The Kier molecular flexibility index (Phi) is 1.39. The van der Waals surface area contributed by atoms with Crippen LogP contribution in [0.2, 0.25) is 0 Å². The van der Waals surface area contributed by atoms with Crippen molar-refractivity contribution in [2.75, 3.05) is 6.54 Å². The first-order valence-corrected chi connectivity index (χ1v) is 5.56. The molecule has 2 saturated heterocycles. The molecule has 0 bridgehead atoms. The molecule has 3 rings (SSSR count). The zero-order chi connectivity index (χ0) is 8.18. The van der Waals surface area contributed by atoms with Crippen LogP contribution < -0.4 is 0 Å². The summed E-state index contributed by atoms with van der Waals surface area (Å²) in [6.45, 7) is 3.90. The van der Waals surface area contributed by atoms with Crippen LogP contribution in [0.15, 0.2) is 0 Å². The summed E-state index contributed by atoms with van der Waals surface area (Å²) in [6.07, 6.45) is 8.97. The second-order valence-electron chi connectivity index (χ2n) is 5.26. The van der Waals surface area contributed by atoms with Crippen LogP contribution in [0.1, 0.15) is 45.4 Å². The second kappa shape index (κ2) is 2.25. The van der Waals surface area contributed by atoms with E-state index in [1.54, 1.807) is 0 Å². The van der Waals surface area contributed by atoms with Crippen molar-refractivity contribution in [2.24, 2.45) is 5.92 Å². The molecule has 0 aromatic rings. The Hall–Kier alpha value is -0.0400. The molecule has 1 saturated carbocycles. The van der Waals surface area contributed by atoms with Gasteiger partial charge in [0.05, 0.1) is 0 Å². The Morgan fingerprint density at radius 1 is 1.25 bits per heavy atom. The predicted molar refractivity (Wildman–Crippen MR) is 50.1 cm³/mol. The topological polar surface area (TPSA) is 3.24 Å². The highest BCUT2D eigenvalue weighted by Crippen LogP contribution is 2.50. The van der Waals surface area contributed by atoms with E-state index >= 15 is 0 Å². The Morgan fingerprint density at radius 2 is 2.17 bits per heavy atom. The van der Waals surface area contributed by atoms with Crippen molar-refractivity contribution in [2.45, 2.75) is 57.0 Å². The molecule has 0 amide bonds.